The SMILES string of the molecule is O=C(O)NCCCN1CC2CN(CCCO)CC(C1)O2. The first-order chi connectivity index (χ1) is 9.67. The molecule has 1 amide bonds. The number of carbonyl (C=O) groups is 1. The highest BCUT2D eigenvalue weighted by Gasteiger charge is 2.34. The lowest BCUT2D eigenvalue weighted by molar-refractivity contribution is -0.138. The highest BCUT2D eigenvalue weighted by Crippen LogP contribution is 2.19. The molecule has 2 aliphatic heterocycles. The van der Waals surface area contributed by atoms with Crippen molar-refractivity contribution < 1.29 is 19.7 Å². The second-order valence-corrected chi connectivity index (χ2v) is 5.56. The third kappa shape index (κ3) is 4.90. The summed E-state index contributed by atoms with van der Waals surface area (Å²) in [5.41, 5.74) is 0. The Morgan fingerprint density at radius 3 is 2.15 bits per heavy atom. The molecule has 0 aromatic rings. The van der Waals surface area contributed by atoms with E-state index in [2.05, 4.69) is 15.1 Å². The molecule has 0 radical (unpaired) electrons. The van der Waals surface area contributed by atoms with Crippen LogP contribution in [0.3, 0.4) is 0 Å². The number of hydrogen-bond acceptors (Lipinski definition) is 5. The molecule has 0 aromatic carbocycles. The number of hydrogen-bond donors (Lipinski definition) is 3. The summed E-state index contributed by atoms with van der Waals surface area (Å²) in [6.07, 6.45) is 1.19. The van der Waals surface area contributed by atoms with Crippen LogP contribution in [0.4, 0.5) is 4.79 Å². The summed E-state index contributed by atoms with van der Waals surface area (Å²) in [6.45, 7) is 6.29. The number of ether oxygens (including phenoxy) is 1. The van der Waals surface area contributed by atoms with E-state index in [9.17, 15) is 4.79 Å². The Hall–Kier alpha value is -0.890. The average Bonchev–Trinajstić information content (AvgIpc) is 2.40. The number of fused-ring (bicyclic) bond motifs is 2. The van der Waals surface area contributed by atoms with Crippen LogP contribution in [-0.4, -0.2) is 90.7 Å². The van der Waals surface area contributed by atoms with Crippen molar-refractivity contribution >= 4 is 6.09 Å². The quantitative estimate of drug-likeness (QED) is 0.543. The highest BCUT2D eigenvalue weighted by molar-refractivity contribution is 5.64. The summed E-state index contributed by atoms with van der Waals surface area (Å²) in [4.78, 5) is 15.1. The lowest BCUT2D eigenvalue weighted by Gasteiger charge is -2.46. The topological polar surface area (TPSA) is 85.3 Å². The van der Waals surface area contributed by atoms with E-state index in [1.807, 2.05) is 0 Å². The van der Waals surface area contributed by atoms with Gasteiger partial charge in [-0.25, -0.2) is 4.79 Å². The molecule has 2 aliphatic rings. The van der Waals surface area contributed by atoms with Gasteiger partial charge in [-0.05, 0) is 12.8 Å². The lowest BCUT2D eigenvalue weighted by atomic mass is 10.1. The van der Waals surface area contributed by atoms with Gasteiger partial charge in [-0.1, -0.05) is 0 Å². The van der Waals surface area contributed by atoms with E-state index in [1.54, 1.807) is 0 Å². The zero-order valence-corrected chi connectivity index (χ0v) is 11.8. The summed E-state index contributed by atoms with van der Waals surface area (Å²) in [5, 5.41) is 19.8. The molecule has 2 unspecified atom stereocenters. The molecule has 0 aliphatic carbocycles. The van der Waals surface area contributed by atoms with E-state index in [0.717, 1.165) is 52.1 Å². The molecule has 2 fully saturated rings. The van der Waals surface area contributed by atoms with Gasteiger partial charge in [0.05, 0.1) is 12.2 Å². The minimum absolute atomic E-state index is 0.244. The fourth-order valence-electron chi connectivity index (χ4n) is 3.02. The number of amides is 1. The summed E-state index contributed by atoms with van der Waals surface area (Å²) < 4.78 is 5.95. The van der Waals surface area contributed by atoms with Crippen molar-refractivity contribution in [2.45, 2.75) is 25.0 Å². The molecule has 3 N–H and O–H groups in total. The summed E-state index contributed by atoms with van der Waals surface area (Å²) in [5.74, 6) is 0. The number of aliphatic hydroxyl groups is 1. The predicted octanol–water partition coefficient (Wildman–Crippen LogP) is -0.588. The number of rotatable bonds is 7. The molecule has 0 saturated carbocycles. The van der Waals surface area contributed by atoms with Crippen molar-refractivity contribution in [1.82, 2.24) is 15.1 Å². The molecule has 116 valence electrons. The van der Waals surface area contributed by atoms with E-state index >= 15 is 0 Å². The maximum atomic E-state index is 10.4. The largest absolute Gasteiger partial charge is 0.465 e. The Bertz CT molecular complexity index is 302. The zero-order chi connectivity index (χ0) is 14.4. The number of carboxylic acid groups (broad SMARTS) is 1. The van der Waals surface area contributed by atoms with Crippen molar-refractivity contribution in [3.05, 3.63) is 0 Å². The first kappa shape index (κ1) is 15.5. The zero-order valence-electron chi connectivity index (χ0n) is 11.8. The number of nitrogens with zero attached hydrogens (tertiary/aromatic N) is 2. The molecule has 2 saturated heterocycles. The van der Waals surface area contributed by atoms with Crippen LogP contribution < -0.4 is 5.32 Å². The Morgan fingerprint density at radius 1 is 1.10 bits per heavy atom. The van der Waals surface area contributed by atoms with Crippen LogP contribution in [-0.2, 0) is 4.74 Å². The molecule has 0 aromatic heterocycles. The number of morpholine rings is 2. The fourth-order valence-corrected chi connectivity index (χ4v) is 3.02. The summed E-state index contributed by atoms with van der Waals surface area (Å²) in [6, 6.07) is 0. The molecular formula is C13H25N3O4. The van der Waals surface area contributed by atoms with Gasteiger partial charge in [0.15, 0.2) is 0 Å². The monoisotopic (exact) mass is 287 g/mol. The molecule has 7 heteroatoms. The molecule has 2 atom stereocenters. The van der Waals surface area contributed by atoms with Gasteiger partial charge in [-0.2, -0.15) is 0 Å². The third-order valence-electron chi connectivity index (χ3n) is 3.79. The predicted molar refractivity (Wildman–Crippen MR) is 73.9 cm³/mol. The normalized spacial score (nSPS) is 27.4. The Labute approximate surface area is 119 Å². The van der Waals surface area contributed by atoms with Crippen molar-refractivity contribution in [3.63, 3.8) is 0 Å². The van der Waals surface area contributed by atoms with Crippen LogP contribution in [0, 0.1) is 0 Å². The molecule has 2 bridgehead atoms. The second kappa shape index (κ2) is 7.78. The van der Waals surface area contributed by atoms with Crippen LogP contribution in [0.25, 0.3) is 0 Å². The van der Waals surface area contributed by atoms with Gasteiger partial charge in [0, 0.05) is 52.4 Å². The van der Waals surface area contributed by atoms with Crippen LogP contribution in [0.2, 0.25) is 0 Å². The molecule has 0 spiro atoms. The Balaban J connectivity index is 1.67. The van der Waals surface area contributed by atoms with E-state index in [-0.39, 0.29) is 18.8 Å². The van der Waals surface area contributed by atoms with Crippen LogP contribution in [0.1, 0.15) is 12.8 Å². The average molecular weight is 287 g/mol. The number of aliphatic hydroxyl groups excluding tert-OH is 1. The van der Waals surface area contributed by atoms with Crippen molar-refractivity contribution in [2.75, 3.05) is 52.4 Å². The maximum Gasteiger partial charge on any atom is 0.404 e. The highest BCUT2D eigenvalue weighted by atomic mass is 16.5. The van der Waals surface area contributed by atoms with Crippen LogP contribution >= 0.6 is 0 Å². The van der Waals surface area contributed by atoms with Gasteiger partial charge in [-0.15, -0.1) is 0 Å². The Morgan fingerprint density at radius 2 is 1.65 bits per heavy atom. The number of nitrogens with one attached hydrogen (secondary N) is 1. The molecule has 2 rings (SSSR count). The van der Waals surface area contributed by atoms with Crippen molar-refractivity contribution in [2.24, 2.45) is 0 Å². The van der Waals surface area contributed by atoms with Gasteiger partial charge >= 0.3 is 6.09 Å². The van der Waals surface area contributed by atoms with E-state index in [0.29, 0.717) is 6.54 Å². The van der Waals surface area contributed by atoms with Gasteiger partial charge in [0.2, 0.25) is 0 Å². The van der Waals surface area contributed by atoms with Gasteiger partial charge in [-0.3, -0.25) is 9.80 Å². The second-order valence-electron chi connectivity index (χ2n) is 5.56. The first-order valence-electron chi connectivity index (χ1n) is 7.35. The molecule has 2 heterocycles. The summed E-state index contributed by atoms with van der Waals surface area (Å²) in [7, 11) is 0. The van der Waals surface area contributed by atoms with Crippen molar-refractivity contribution in [1.29, 1.82) is 0 Å². The third-order valence-corrected chi connectivity index (χ3v) is 3.79. The minimum Gasteiger partial charge on any atom is -0.465 e. The van der Waals surface area contributed by atoms with Gasteiger partial charge in [0.25, 0.3) is 0 Å². The van der Waals surface area contributed by atoms with E-state index in [4.69, 9.17) is 14.9 Å². The summed E-state index contributed by atoms with van der Waals surface area (Å²) >= 11 is 0. The smallest absolute Gasteiger partial charge is 0.404 e. The van der Waals surface area contributed by atoms with Gasteiger partial charge in [0.1, 0.15) is 0 Å². The van der Waals surface area contributed by atoms with E-state index in [1.165, 1.54) is 0 Å². The maximum absolute atomic E-state index is 10.4. The molecule has 7 nitrogen and oxygen atoms in total. The van der Waals surface area contributed by atoms with Crippen LogP contribution in [0.15, 0.2) is 0 Å². The van der Waals surface area contributed by atoms with Gasteiger partial charge < -0.3 is 20.3 Å². The molecule has 20 heavy (non-hydrogen) atoms. The van der Waals surface area contributed by atoms with E-state index < -0.39 is 6.09 Å². The van der Waals surface area contributed by atoms with Crippen molar-refractivity contribution in [3.8, 4) is 0 Å². The van der Waals surface area contributed by atoms with Crippen LogP contribution in [0.5, 0.6) is 0 Å². The standard InChI is InChI=1S/C13H25N3O4/c17-6-2-5-16-9-11-7-15(8-12(10-16)20-11)4-1-3-14-13(18)19/h11-12,14,17H,1-10H2,(H,18,19). The lowest BCUT2D eigenvalue weighted by Crippen LogP contribution is -2.59. The minimum atomic E-state index is -0.955. The fraction of sp³-hybridized carbons (Fsp3) is 0.923. The Kier molecular flexibility index (Phi) is 6.03. The molecular weight excluding hydrogens is 262 g/mol. The first-order valence-corrected chi connectivity index (χ1v) is 7.35.